The highest BCUT2D eigenvalue weighted by Gasteiger charge is 1.96. The van der Waals surface area contributed by atoms with Gasteiger partial charge in [0.25, 0.3) is 0 Å². The molecule has 1 aromatic rings. The fourth-order valence-corrected chi connectivity index (χ4v) is 2.83. The largest absolute Gasteiger partial charge is 0.494 e. The normalized spacial score (nSPS) is 10.8. The Morgan fingerprint density at radius 3 is 1.81 bits per heavy atom. The quantitative estimate of drug-likeness (QED) is 0.277. The molecule has 120 valence electrons. The summed E-state index contributed by atoms with van der Waals surface area (Å²) in [5.74, 6) is 0.996. The van der Waals surface area contributed by atoms with Gasteiger partial charge in [0.15, 0.2) is 0 Å². The van der Waals surface area contributed by atoms with Gasteiger partial charge < -0.3 is 4.74 Å². The smallest absolute Gasteiger partial charge is 0.119 e. The second-order valence-corrected chi connectivity index (χ2v) is 6.37. The molecule has 0 radical (unpaired) electrons. The molecule has 0 N–H and O–H groups in total. The summed E-state index contributed by atoms with van der Waals surface area (Å²) in [6.45, 7) is 3.13. The van der Waals surface area contributed by atoms with E-state index in [4.69, 9.17) is 4.74 Å². The SMILES string of the molecule is CCCCCCCCCCCCOc1ccc(CBr)cc1. The van der Waals surface area contributed by atoms with E-state index in [9.17, 15) is 0 Å². The van der Waals surface area contributed by atoms with Crippen molar-refractivity contribution in [3.05, 3.63) is 29.8 Å². The molecule has 0 spiro atoms. The average molecular weight is 355 g/mol. The first kappa shape index (κ1) is 18.5. The van der Waals surface area contributed by atoms with E-state index in [1.807, 2.05) is 0 Å². The van der Waals surface area contributed by atoms with Crippen LogP contribution in [-0.4, -0.2) is 6.61 Å². The number of hydrogen-bond donors (Lipinski definition) is 0. The molecule has 1 aromatic carbocycles. The lowest BCUT2D eigenvalue weighted by Crippen LogP contribution is -1.97. The molecular formula is C19H31BrO. The number of unbranched alkanes of at least 4 members (excludes halogenated alkanes) is 9. The fraction of sp³-hybridized carbons (Fsp3) is 0.684. The number of benzene rings is 1. The van der Waals surface area contributed by atoms with Crippen LogP contribution in [0, 0.1) is 0 Å². The van der Waals surface area contributed by atoms with Crippen molar-refractivity contribution >= 4 is 15.9 Å². The summed E-state index contributed by atoms with van der Waals surface area (Å²) in [5.41, 5.74) is 1.29. The lowest BCUT2D eigenvalue weighted by Gasteiger charge is -2.06. The molecule has 0 atom stereocenters. The first-order chi connectivity index (χ1) is 10.4. The van der Waals surface area contributed by atoms with Gasteiger partial charge in [-0.2, -0.15) is 0 Å². The third kappa shape index (κ3) is 9.95. The monoisotopic (exact) mass is 354 g/mol. The van der Waals surface area contributed by atoms with Crippen LogP contribution < -0.4 is 4.74 Å². The molecule has 1 nitrogen and oxygen atoms in total. The Labute approximate surface area is 139 Å². The van der Waals surface area contributed by atoms with Gasteiger partial charge in [-0.3, -0.25) is 0 Å². The average Bonchev–Trinajstić information content (AvgIpc) is 2.53. The van der Waals surface area contributed by atoms with Gasteiger partial charge in [0, 0.05) is 5.33 Å². The molecule has 0 fully saturated rings. The minimum atomic E-state index is 0.851. The summed E-state index contributed by atoms with van der Waals surface area (Å²) in [6, 6.07) is 8.35. The summed E-state index contributed by atoms with van der Waals surface area (Å²) >= 11 is 3.45. The fourth-order valence-electron chi connectivity index (χ4n) is 2.45. The molecule has 1 rings (SSSR count). The van der Waals surface area contributed by atoms with E-state index in [0.29, 0.717) is 0 Å². The number of ether oxygens (including phenoxy) is 1. The van der Waals surface area contributed by atoms with Crippen LogP contribution in [0.5, 0.6) is 5.75 Å². The third-order valence-electron chi connectivity index (χ3n) is 3.84. The minimum absolute atomic E-state index is 0.851. The topological polar surface area (TPSA) is 9.23 Å². The molecule has 0 aliphatic rings. The molecule has 0 aliphatic heterocycles. The van der Waals surface area contributed by atoms with Crippen molar-refractivity contribution in [1.29, 1.82) is 0 Å². The Morgan fingerprint density at radius 2 is 1.29 bits per heavy atom. The van der Waals surface area contributed by atoms with E-state index in [1.165, 1.54) is 69.8 Å². The first-order valence-electron chi connectivity index (χ1n) is 8.64. The predicted octanol–water partition coefficient (Wildman–Crippen LogP) is 6.88. The highest BCUT2D eigenvalue weighted by atomic mass is 79.9. The van der Waals surface area contributed by atoms with Crippen molar-refractivity contribution in [3.8, 4) is 5.75 Å². The summed E-state index contributed by atoms with van der Waals surface area (Å²) in [4.78, 5) is 0. The number of rotatable bonds is 13. The van der Waals surface area contributed by atoms with Gasteiger partial charge in [-0.25, -0.2) is 0 Å². The summed E-state index contributed by atoms with van der Waals surface area (Å²) in [6.07, 6.45) is 13.7. The van der Waals surface area contributed by atoms with Crippen molar-refractivity contribution < 1.29 is 4.74 Å². The molecule has 0 aliphatic carbocycles. The Balaban J connectivity index is 1.88. The molecule has 0 saturated heterocycles. The first-order valence-corrected chi connectivity index (χ1v) is 9.76. The van der Waals surface area contributed by atoms with E-state index in [-0.39, 0.29) is 0 Å². The van der Waals surface area contributed by atoms with Crippen molar-refractivity contribution in [1.82, 2.24) is 0 Å². The van der Waals surface area contributed by atoms with Crippen LogP contribution in [0.4, 0.5) is 0 Å². The maximum atomic E-state index is 5.76. The molecule has 2 heteroatoms. The second-order valence-electron chi connectivity index (χ2n) is 5.81. The van der Waals surface area contributed by atoms with Crippen LogP contribution >= 0.6 is 15.9 Å². The Bertz CT molecular complexity index is 334. The van der Waals surface area contributed by atoms with Gasteiger partial charge >= 0.3 is 0 Å². The van der Waals surface area contributed by atoms with E-state index in [0.717, 1.165) is 17.7 Å². The zero-order chi connectivity index (χ0) is 15.2. The summed E-state index contributed by atoms with van der Waals surface area (Å²) in [5, 5.41) is 0.908. The highest BCUT2D eigenvalue weighted by molar-refractivity contribution is 9.08. The van der Waals surface area contributed by atoms with Crippen molar-refractivity contribution in [2.45, 2.75) is 76.5 Å². The predicted molar refractivity (Wildman–Crippen MR) is 96.4 cm³/mol. The van der Waals surface area contributed by atoms with Crippen molar-refractivity contribution in [2.75, 3.05) is 6.61 Å². The Kier molecular flexibility index (Phi) is 11.6. The van der Waals surface area contributed by atoms with Crippen LogP contribution in [0.1, 0.15) is 76.7 Å². The molecule has 0 heterocycles. The Hall–Kier alpha value is -0.500. The van der Waals surface area contributed by atoms with Gasteiger partial charge in [-0.15, -0.1) is 0 Å². The van der Waals surface area contributed by atoms with Gasteiger partial charge in [0.2, 0.25) is 0 Å². The van der Waals surface area contributed by atoms with Crippen LogP contribution in [0.2, 0.25) is 0 Å². The molecule has 0 aromatic heterocycles. The van der Waals surface area contributed by atoms with E-state index in [1.54, 1.807) is 0 Å². The molecular weight excluding hydrogens is 324 g/mol. The molecule has 0 unspecified atom stereocenters. The number of halogens is 1. The second kappa shape index (κ2) is 13.2. The maximum absolute atomic E-state index is 5.76. The highest BCUT2D eigenvalue weighted by Crippen LogP contribution is 2.15. The van der Waals surface area contributed by atoms with Gasteiger partial charge in [0.1, 0.15) is 5.75 Å². The minimum Gasteiger partial charge on any atom is -0.494 e. The van der Waals surface area contributed by atoms with Gasteiger partial charge in [-0.1, -0.05) is 92.8 Å². The van der Waals surface area contributed by atoms with Gasteiger partial charge in [0.05, 0.1) is 6.61 Å². The maximum Gasteiger partial charge on any atom is 0.119 e. The summed E-state index contributed by atoms with van der Waals surface area (Å²) < 4.78 is 5.76. The zero-order valence-corrected chi connectivity index (χ0v) is 15.2. The molecule has 0 saturated carbocycles. The molecule has 21 heavy (non-hydrogen) atoms. The van der Waals surface area contributed by atoms with Crippen LogP contribution in [0.3, 0.4) is 0 Å². The van der Waals surface area contributed by atoms with E-state index in [2.05, 4.69) is 47.1 Å². The summed E-state index contributed by atoms with van der Waals surface area (Å²) in [7, 11) is 0. The van der Waals surface area contributed by atoms with E-state index >= 15 is 0 Å². The Morgan fingerprint density at radius 1 is 0.762 bits per heavy atom. The third-order valence-corrected chi connectivity index (χ3v) is 4.49. The lowest BCUT2D eigenvalue weighted by molar-refractivity contribution is 0.304. The van der Waals surface area contributed by atoms with Gasteiger partial charge in [-0.05, 0) is 24.1 Å². The van der Waals surface area contributed by atoms with Crippen molar-refractivity contribution in [2.24, 2.45) is 0 Å². The standard InChI is InChI=1S/C19H31BrO/c1-2-3-4-5-6-7-8-9-10-11-16-21-19-14-12-18(17-20)13-15-19/h12-15H,2-11,16-17H2,1H3. The van der Waals surface area contributed by atoms with E-state index < -0.39 is 0 Å². The lowest BCUT2D eigenvalue weighted by atomic mass is 10.1. The van der Waals surface area contributed by atoms with Crippen LogP contribution in [0.15, 0.2) is 24.3 Å². The zero-order valence-electron chi connectivity index (χ0n) is 13.6. The number of alkyl halides is 1. The van der Waals surface area contributed by atoms with Crippen LogP contribution in [-0.2, 0) is 5.33 Å². The molecule has 0 amide bonds. The van der Waals surface area contributed by atoms with Crippen LogP contribution in [0.25, 0.3) is 0 Å². The number of hydrogen-bond acceptors (Lipinski definition) is 1. The van der Waals surface area contributed by atoms with Crippen molar-refractivity contribution in [3.63, 3.8) is 0 Å². The molecule has 0 bridgehead atoms.